The standard InChI is InChI=1S/C19H27NO4S/c1-12-13(2)15(4)18(16(5)14(12)3)25(22,23)20-11-19(6,21)10-17-8-7-9-24-17/h7-9,20-21H,10-11H2,1-6H3. The Morgan fingerprint density at radius 3 is 2.04 bits per heavy atom. The van der Waals surface area contributed by atoms with Crippen LogP contribution in [0.2, 0.25) is 0 Å². The number of nitrogens with one attached hydrogen (secondary N) is 1. The van der Waals surface area contributed by atoms with Crippen LogP contribution in [0.3, 0.4) is 0 Å². The zero-order valence-electron chi connectivity index (χ0n) is 15.7. The molecule has 2 rings (SSSR count). The largest absolute Gasteiger partial charge is 0.469 e. The molecule has 2 aromatic rings. The van der Waals surface area contributed by atoms with Gasteiger partial charge in [0.15, 0.2) is 0 Å². The fourth-order valence-corrected chi connectivity index (χ4v) is 4.80. The Hall–Kier alpha value is -1.63. The molecule has 1 heterocycles. The maximum atomic E-state index is 12.9. The molecular weight excluding hydrogens is 338 g/mol. The number of rotatable bonds is 6. The first kappa shape index (κ1) is 19.7. The topological polar surface area (TPSA) is 79.5 Å². The van der Waals surface area contributed by atoms with Gasteiger partial charge in [-0.1, -0.05) is 0 Å². The summed E-state index contributed by atoms with van der Waals surface area (Å²) in [5.41, 5.74) is 3.31. The number of benzene rings is 1. The molecule has 1 unspecified atom stereocenters. The molecule has 6 heteroatoms. The molecule has 0 aliphatic carbocycles. The first-order chi connectivity index (χ1) is 11.5. The van der Waals surface area contributed by atoms with E-state index in [1.54, 1.807) is 19.1 Å². The van der Waals surface area contributed by atoms with Crippen LogP contribution in [0.5, 0.6) is 0 Å². The van der Waals surface area contributed by atoms with Crippen LogP contribution >= 0.6 is 0 Å². The predicted octanol–water partition coefficient (Wildman–Crippen LogP) is 3.09. The Labute approximate surface area is 150 Å². The molecule has 5 nitrogen and oxygen atoms in total. The molecule has 0 spiro atoms. The third-order valence-corrected chi connectivity index (χ3v) is 6.65. The van der Waals surface area contributed by atoms with Gasteiger partial charge >= 0.3 is 0 Å². The fraction of sp³-hybridized carbons (Fsp3) is 0.474. The number of furan rings is 1. The highest BCUT2D eigenvalue weighted by Crippen LogP contribution is 2.29. The van der Waals surface area contributed by atoms with Crippen LogP contribution in [-0.2, 0) is 16.4 Å². The molecule has 0 bridgehead atoms. The third-order valence-electron chi connectivity index (χ3n) is 4.98. The molecule has 0 aliphatic heterocycles. The minimum atomic E-state index is -3.74. The van der Waals surface area contributed by atoms with Crippen molar-refractivity contribution in [2.75, 3.05) is 6.54 Å². The Morgan fingerprint density at radius 1 is 1.04 bits per heavy atom. The second-order valence-corrected chi connectivity index (χ2v) is 8.74. The van der Waals surface area contributed by atoms with Gasteiger partial charge in [0.25, 0.3) is 0 Å². The van der Waals surface area contributed by atoms with E-state index in [1.807, 2.05) is 34.6 Å². The molecule has 0 fully saturated rings. The molecule has 0 saturated carbocycles. The summed E-state index contributed by atoms with van der Waals surface area (Å²) in [6.45, 7) is 11.0. The summed E-state index contributed by atoms with van der Waals surface area (Å²) in [5, 5.41) is 10.5. The normalized spacial score (nSPS) is 14.5. The van der Waals surface area contributed by atoms with Crippen LogP contribution in [-0.4, -0.2) is 25.7 Å². The fourth-order valence-electron chi connectivity index (χ4n) is 3.04. The Bertz CT molecular complexity index is 836. The van der Waals surface area contributed by atoms with Crippen molar-refractivity contribution < 1.29 is 17.9 Å². The molecular formula is C19H27NO4S. The number of sulfonamides is 1. The highest BCUT2D eigenvalue weighted by molar-refractivity contribution is 7.89. The van der Waals surface area contributed by atoms with Crippen molar-refractivity contribution in [1.82, 2.24) is 4.72 Å². The summed E-state index contributed by atoms with van der Waals surface area (Å²) < 4.78 is 33.6. The summed E-state index contributed by atoms with van der Waals surface area (Å²) >= 11 is 0. The van der Waals surface area contributed by atoms with Gasteiger partial charge in [0.05, 0.1) is 16.8 Å². The minimum Gasteiger partial charge on any atom is -0.469 e. The Kier molecular flexibility index (Phi) is 5.47. The van der Waals surface area contributed by atoms with Gasteiger partial charge in [-0.15, -0.1) is 0 Å². The van der Waals surface area contributed by atoms with E-state index in [-0.39, 0.29) is 13.0 Å². The lowest BCUT2D eigenvalue weighted by atomic mass is 9.95. The molecule has 1 aromatic carbocycles. The first-order valence-electron chi connectivity index (χ1n) is 8.27. The smallest absolute Gasteiger partial charge is 0.241 e. The zero-order valence-corrected chi connectivity index (χ0v) is 16.5. The van der Waals surface area contributed by atoms with Crippen molar-refractivity contribution in [2.45, 2.75) is 58.5 Å². The van der Waals surface area contributed by atoms with Crippen LogP contribution in [0.1, 0.15) is 40.5 Å². The lowest BCUT2D eigenvalue weighted by molar-refractivity contribution is 0.0603. The highest BCUT2D eigenvalue weighted by Gasteiger charge is 2.28. The summed E-state index contributed by atoms with van der Waals surface area (Å²) in [5.74, 6) is 0.610. The van der Waals surface area contributed by atoms with E-state index in [0.29, 0.717) is 10.7 Å². The molecule has 2 N–H and O–H groups in total. The Morgan fingerprint density at radius 2 is 1.56 bits per heavy atom. The van der Waals surface area contributed by atoms with Crippen molar-refractivity contribution in [3.63, 3.8) is 0 Å². The van der Waals surface area contributed by atoms with Crippen molar-refractivity contribution in [3.05, 3.63) is 52.0 Å². The van der Waals surface area contributed by atoms with E-state index in [1.165, 1.54) is 6.26 Å². The quantitative estimate of drug-likeness (QED) is 0.824. The number of aliphatic hydroxyl groups is 1. The first-order valence-corrected chi connectivity index (χ1v) is 9.76. The molecule has 0 amide bonds. The summed E-state index contributed by atoms with van der Waals surface area (Å²) in [4.78, 5) is 0.307. The van der Waals surface area contributed by atoms with Crippen molar-refractivity contribution >= 4 is 10.0 Å². The second kappa shape index (κ2) is 6.94. The van der Waals surface area contributed by atoms with Gasteiger partial charge in [-0.3, -0.25) is 0 Å². The lowest BCUT2D eigenvalue weighted by Gasteiger charge is -2.24. The molecule has 0 aliphatic rings. The van der Waals surface area contributed by atoms with E-state index in [2.05, 4.69) is 4.72 Å². The SMILES string of the molecule is Cc1c(C)c(C)c(S(=O)(=O)NCC(C)(O)Cc2ccco2)c(C)c1C. The van der Waals surface area contributed by atoms with Gasteiger partial charge < -0.3 is 9.52 Å². The van der Waals surface area contributed by atoms with E-state index >= 15 is 0 Å². The van der Waals surface area contributed by atoms with Gasteiger partial charge in [0.2, 0.25) is 10.0 Å². The summed E-state index contributed by atoms with van der Waals surface area (Å²) in [6.07, 6.45) is 1.76. The zero-order chi connectivity index (χ0) is 19.0. The van der Waals surface area contributed by atoms with Crippen LogP contribution < -0.4 is 4.72 Å². The predicted molar refractivity (Wildman–Crippen MR) is 98.4 cm³/mol. The maximum Gasteiger partial charge on any atom is 0.241 e. The van der Waals surface area contributed by atoms with Crippen LogP contribution in [0.15, 0.2) is 27.7 Å². The van der Waals surface area contributed by atoms with Gasteiger partial charge in [-0.05, 0) is 81.5 Å². The van der Waals surface area contributed by atoms with E-state index < -0.39 is 15.6 Å². The number of hydrogen-bond donors (Lipinski definition) is 2. The Balaban J connectivity index is 2.28. The highest BCUT2D eigenvalue weighted by atomic mass is 32.2. The molecule has 1 aromatic heterocycles. The molecule has 138 valence electrons. The molecule has 0 radical (unpaired) electrons. The summed E-state index contributed by atoms with van der Waals surface area (Å²) in [7, 11) is -3.74. The van der Waals surface area contributed by atoms with Crippen molar-refractivity contribution in [2.24, 2.45) is 0 Å². The van der Waals surface area contributed by atoms with Gasteiger partial charge in [0.1, 0.15) is 5.76 Å². The average Bonchev–Trinajstić information content (AvgIpc) is 3.01. The molecule has 1 atom stereocenters. The van der Waals surface area contributed by atoms with Crippen LogP contribution in [0.25, 0.3) is 0 Å². The van der Waals surface area contributed by atoms with Crippen LogP contribution in [0.4, 0.5) is 0 Å². The minimum absolute atomic E-state index is 0.0963. The van der Waals surface area contributed by atoms with Gasteiger partial charge in [-0.2, -0.15) is 0 Å². The van der Waals surface area contributed by atoms with E-state index in [4.69, 9.17) is 4.42 Å². The number of hydrogen-bond acceptors (Lipinski definition) is 4. The van der Waals surface area contributed by atoms with Crippen LogP contribution in [0, 0.1) is 34.6 Å². The molecule has 25 heavy (non-hydrogen) atoms. The second-order valence-electron chi connectivity index (χ2n) is 7.03. The monoisotopic (exact) mass is 365 g/mol. The van der Waals surface area contributed by atoms with E-state index in [0.717, 1.165) is 27.8 Å². The van der Waals surface area contributed by atoms with Gasteiger partial charge in [-0.25, -0.2) is 13.1 Å². The third kappa shape index (κ3) is 4.14. The van der Waals surface area contributed by atoms with Crippen molar-refractivity contribution in [1.29, 1.82) is 0 Å². The van der Waals surface area contributed by atoms with Crippen molar-refractivity contribution in [3.8, 4) is 0 Å². The van der Waals surface area contributed by atoms with Gasteiger partial charge in [0, 0.05) is 13.0 Å². The van der Waals surface area contributed by atoms with E-state index in [9.17, 15) is 13.5 Å². The average molecular weight is 365 g/mol. The lowest BCUT2D eigenvalue weighted by Crippen LogP contribution is -2.42. The molecule has 0 saturated heterocycles. The maximum absolute atomic E-state index is 12.9. The summed E-state index contributed by atoms with van der Waals surface area (Å²) in [6, 6.07) is 3.49.